The van der Waals surface area contributed by atoms with Crippen molar-refractivity contribution in [1.82, 2.24) is 10.2 Å². The number of benzene rings is 1. The van der Waals surface area contributed by atoms with E-state index in [1.807, 2.05) is 0 Å². The lowest BCUT2D eigenvalue weighted by Crippen LogP contribution is -2.47. The fraction of sp³-hybridized carbons (Fsp3) is 0.632. The number of guanidine groups is 1. The van der Waals surface area contributed by atoms with E-state index in [-0.39, 0.29) is 24.0 Å². The van der Waals surface area contributed by atoms with Crippen molar-refractivity contribution in [1.29, 1.82) is 0 Å². The lowest BCUT2D eigenvalue weighted by atomic mass is 10.1. The molecule has 0 spiro atoms. The first kappa shape index (κ1) is 21.2. The van der Waals surface area contributed by atoms with E-state index < -0.39 is 0 Å². The summed E-state index contributed by atoms with van der Waals surface area (Å²) in [6, 6.07) is 6.59. The van der Waals surface area contributed by atoms with Gasteiger partial charge in [-0.25, -0.2) is 4.99 Å². The van der Waals surface area contributed by atoms with Gasteiger partial charge in [0, 0.05) is 26.2 Å². The van der Waals surface area contributed by atoms with Crippen LogP contribution in [-0.2, 0) is 11.3 Å². The van der Waals surface area contributed by atoms with Crippen LogP contribution in [0.5, 0.6) is 0 Å². The molecule has 0 bridgehead atoms. The fourth-order valence-corrected chi connectivity index (χ4v) is 3.08. The predicted molar refractivity (Wildman–Crippen MR) is 112 cm³/mol. The van der Waals surface area contributed by atoms with E-state index in [4.69, 9.17) is 9.73 Å². The van der Waals surface area contributed by atoms with Gasteiger partial charge in [0.1, 0.15) is 0 Å². The lowest BCUT2D eigenvalue weighted by molar-refractivity contribution is 0.0263. The maximum Gasteiger partial charge on any atom is 0.194 e. The molecule has 0 amide bonds. The number of nitrogens with one attached hydrogen (secondary N) is 1. The van der Waals surface area contributed by atoms with Gasteiger partial charge < -0.3 is 15.0 Å². The van der Waals surface area contributed by atoms with E-state index in [1.54, 1.807) is 0 Å². The molecule has 0 radical (unpaired) electrons. The van der Waals surface area contributed by atoms with Crippen LogP contribution in [0.25, 0.3) is 0 Å². The minimum absolute atomic E-state index is 0. The zero-order valence-corrected chi connectivity index (χ0v) is 17.8. The van der Waals surface area contributed by atoms with Gasteiger partial charge in [0.2, 0.25) is 0 Å². The average Bonchev–Trinajstić information content (AvgIpc) is 2.54. The van der Waals surface area contributed by atoms with Crippen LogP contribution in [0.2, 0.25) is 0 Å². The summed E-state index contributed by atoms with van der Waals surface area (Å²) in [7, 11) is 0. The largest absolute Gasteiger partial charge is 0.378 e. The Morgan fingerprint density at radius 1 is 1.25 bits per heavy atom. The standard InChI is InChI=1S/C19H31N3O.HI/c1-5-20-19(22-11-9-18(10-12-22)23-6-2)21-14-17-8-7-15(3)13-16(17)4;/h7-8,13,18H,5-6,9-12,14H2,1-4H3,(H,20,21);1H. The molecule has 2 rings (SSSR count). The smallest absolute Gasteiger partial charge is 0.194 e. The fourth-order valence-electron chi connectivity index (χ4n) is 3.08. The van der Waals surface area contributed by atoms with Crippen molar-refractivity contribution in [2.75, 3.05) is 26.2 Å². The van der Waals surface area contributed by atoms with Crippen LogP contribution in [0.3, 0.4) is 0 Å². The van der Waals surface area contributed by atoms with Gasteiger partial charge in [-0.2, -0.15) is 0 Å². The first-order valence-corrected chi connectivity index (χ1v) is 8.85. The molecule has 0 aliphatic carbocycles. The lowest BCUT2D eigenvalue weighted by Gasteiger charge is -2.34. The second-order valence-corrected chi connectivity index (χ2v) is 6.24. The third-order valence-electron chi connectivity index (χ3n) is 4.38. The average molecular weight is 445 g/mol. The molecule has 0 aromatic heterocycles. The summed E-state index contributed by atoms with van der Waals surface area (Å²) in [5, 5.41) is 3.44. The first-order chi connectivity index (χ1) is 11.1. The Hall–Kier alpha value is -0.820. The van der Waals surface area contributed by atoms with Crippen LogP contribution in [-0.4, -0.2) is 43.2 Å². The molecule has 1 heterocycles. The van der Waals surface area contributed by atoms with Crippen molar-refractivity contribution >= 4 is 29.9 Å². The van der Waals surface area contributed by atoms with Crippen molar-refractivity contribution in [2.24, 2.45) is 4.99 Å². The number of hydrogen-bond acceptors (Lipinski definition) is 2. The van der Waals surface area contributed by atoms with Gasteiger partial charge in [-0.15, -0.1) is 24.0 Å². The van der Waals surface area contributed by atoms with Crippen LogP contribution >= 0.6 is 24.0 Å². The molecule has 1 aromatic rings. The summed E-state index contributed by atoms with van der Waals surface area (Å²) in [6.07, 6.45) is 2.59. The molecule has 0 atom stereocenters. The molecular formula is C19H32IN3O. The highest BCUT2D eigenvalue weighted by Crippen LogP contribution is 2.15. The molecule has 1 aliphatic heterocycles. The monoisotopic (exact) mass is 445 g/mol. The molecule has 4 nitrogen and oxygen atoms in total. The molecule has 1 N–H and O–H groups in total. The maximum atomic E-state index is 5.74. The van der Waals surface area contributed by atoms with Crippen molar-refractivity contribution in [3.05, 3.63) is 34.9 Å². The van der Waals surface area contributed by atoms with Crippen LogP contribution < -0.4 is 5.32 Å². The van der Waals surface area contributed by atoms with Gasteiger partial charge in [-0.3, -0.25) is 0 Å². The van der Waals surface area contributed by atoms with Crippen LogP contribution in [0.1, 0.15) is 43.4 Å². The molecule has 24 heavy (non-hydrogen) atoms. The normalized spacial score (nSPS) is 16.0. The molecular weight excluding hydrogens is 413 g/mol. The molecule has 0 unspecified atom stereocenters. The first-order valence-electron chi connectivity index (χ1n) is 8.85. The number of ether oxygens (including phenoxy) is 1. The second kappa shape index (κ2) is 10.9. The maximum absolute atomic E-state index is 5.74. The number of likely N-dealkylation sites (tertiary alicyclic amines) is 1. The van der Waals surface area contributed by atoms with Gasteiger partial charge >= 0.3 is 0 Å². The molecule has 136 valence electrons. The minimum Gasteiger partial charge on any atom is -0.378 e. The number of hydrogen-bond donors (Lipinski definition) is 1. The Bertz CT molecular complexity index is 525. The van der Waals surface area contributed by atoms with E-state index in [0.29, 0.717) is 6.10 Å². The number of aryl methyl sites for hydroxylation is 2. The highest BCUT2D eigenvalue weighted by Gasteiger charge is 2.21. The number of aliphatic imine (C=N–C) groups is 1. The number of rotatable bonds is 5. The third kappa shape index (κ3) is 6.24. The van der Waals surface area contributed by atoms with Gasteiger partial charge in [0.15, 0.2) is 5.96 Å². The topological polar surface area (TPSA) is 36.9 Å². The van der Waals surface area contributed by atoms with E-state index >= 15 is 0 Å². The van der Waals surface area contributed by atoms with Gasteiger partial charge in [-0.1, -0.05) is 23.8 Å². The van der Waals surface area contributed by atoms with Crippen LogP contribution in [0.4, 0.5) is 0 Å². The molecule has 1 fully saturated rings. The highest BCUT2D eigenvalue weighted by atomic mass is 127. The van der Waals surface area contributed by atoms with E-state index in [9.17, 15) is 0 Å². The zero-order chi connectivity index (χ0) is 16.7. The van der Waals surface area contributed by atoms with Crippen molar-refractivity contribution in [2.45, 2.75) is 53.2 Å². The second-order valence-electron chi connectivity index (χ2n) is 6.24. The van der Waals surface area contributed by atoms with Gasteiger partial charge in [0.05, 0.1) is 12.6 Å². The Kier molecular flexibility index (Phi) is 9.66. The summed E-state index contributed by atoms with van der Waals surface area (Å²) in [5.41, 5.74) is 3.93. The molecule has 1 aromatic carbocycles. The van der Waals surface area contributed by atoms with Gasteiger partial charge in [0.25, 0.3) is 0 Å². The van der Waals surface area contributed by atoms with Gasteiger partial charge in [-0.05, 0) is 51.7 Å². The Morgan fingerprint density at radius 3 is 2.54 bits per heavy atom. The summed E-state index contributed by atoms with van der Waals surface area (Å²) in [4.78, 5) is 7.22. The molecule has 1 aliphatic rings. The predicted octanol–water partition coefficient (Wildman–Crippen LogP) is 3.89. The Labute approximate surface area is 164 Å². The number of nitrogens with zero attached hydrogens (tertiary/aromatic N) is 2. The Morgan fingerprint density at radius 2 is 1.96 bits per heavy atom. The summed E-state index contributed by atoms with van der Waals surface area (Å²) >= 11 is 0. The SMILES string of the molecule is CCNC(=NCc1ccc(C)cc1C)N1CCC(OCC)CC1.I. The highest BCUT2D eigenvalue weighted by molar-refractivity contribution is 14.0. The van der Waals surface area contributed by atoms with Crippen LogP contribution in [0.15, 0.2) is 23.2 Å². The Balaban J connectivity index is 0.00000288. The number of piperidine rings is 1. The van der Waals surface area contributed by atoms with E-state index in [2.05, 4.69) is 56.1 Å². The van der Waals surface area contributed by atoms with Crippen molar-refractivity contribution < 1.29 is 4.74 Å². The number of halogens is 1. The molecule has 5 heteroatoms. The minimum atomic E-state index is 0. The summed E-state index contributed by atoms with van der Waals surface area (Å²) in [6.45, 7) is 13.0. The van der Waals surface area contributed by atoms with Crippen molar-refractivity contribution in [3.8, 4) is 0 Å². The summed E-state index contributed by atoms with van der Waals surface area (Å²) < 4.78 is 5.74. The molecule has 0 saturated carbocycles. The molecule has 1 saturated heterocycles. The quantitative estimate of drug-likeness (QED) is 0.425. The summed E-state index contributed by atoms with van der Waals surface area (Å²) in [5.74, 6) is 1.03. The van der Waals surface area contributed by atoms with Crippen molar-refractivity contribution in [3.63, 3.8) is 0 Å². The van der Waals surface area contributed by atoms with E-state index in [1.165, 1.54) is 16.7 Å². The van der Waals surface area contributed by atoms with Crippen LogP contribution in [0, 0.1) is 13.8 Å². The zero-order valence-electron chi connectivity index (χ0n) is 15.5. The van der Waals surface area contributed by atoms with E-state index in [0.717, 1.165) is 51.6 Å². The third-order valence-corrected chi connectivity index (χ3v) is 4.38.